The quantitative estimate of drug-likeness (QED) is 0.831. The largest absolute Gasteiger partial charge is 0.323 e. The van der Waals surface area contributed by atoms with Gasteiger partial charge in [-0.1, -0.05) is 12.1 Å². The maximum atomic E-state index is 11.7. The third kappa shape index (κ3) is 2.06. The monoisotopic (exact) mass is 253 g/mol. The summed E-state index contributed by atoms with van der Waals surface area (Å²) in [5, 5.41) is 2.82. The number of pyridine rings is 1. The first-order valence-electron chi connectivity index (χ1n) is 5.85. The minimum Gasteiger partial charge on any atom is -0.323 e. The summed E-state index contributed by atoms with van der Waals surface area (Å²) in [4.78, 5) is 28.4. The number of aromatic nitrogens is 1. The van der Waals surface area contributed by atoms with Gasteiger partial charge in [-0.2, -0.15) is 0 Å². The summed E-state index contributed by atoms with van der Waals surface area (Å²) in [6.07, 6.45) is 2.24. The second-order valence-electron chi connectivity index (χ2n) is 4.22. The number of nitrogens with one attached hydrogen (secondary N) is 1. The van der Waals surface area contributed by atoms with Crippen LogP contribution in [0.15, 0.2) is 42.6 Å². The molecule has 19 heavy (non-hydrogen) atoms. The Morgan fingerprint density at radius 1 is 1.21 bits per heavy atom. The first-order chi connectivity index (χ1) is 9.28. The van der Waals surface area contributed by atoms with Crippen LogP contribution in [-0.2, 0) is 4.79 Å². The van der Waals surface area contributed by atoms with E-state index in [4.69, 9.17) is 0 Å². The fraction of sp³-hybridized carbons (Fsp3) is 0.0714. The van der Waals surface area contributed by atoms with Gasteiger partial charge in [0.1, 0.15) is 12.4 Å². The minimum absolute atomic E-state index is 0.0834. The first-order valence-corrected chi connectivity index (χ1v) is 5.85. The topological polar surface area (TPSA) is 62.3 Å². The average Bonchev–Trinajstić information content (AvgIpc) is 2.46. The van der Waals surface area contributed by atoms with E-state index in [2.05, 4.69) is 10.3 Å². The fourth-order valence-electron chi connectivity index (χ4n) is 2.06. The van der Waals surface area contributed by atoms with Crippen LogP contribution in [0.4, 0.5) is 17.2 Å². The van der Waals surface area contributed by atoms with Gasteiger partial charge in [-0.25, -0.2) is 4.98 Å². The molecule has 0 atom stereocenters. The molecule has 1 aliphatic heterocycles. The number of hydrogen-bond donors (Lipinski definition) is 1. The molecule has 3 rings (SSSR count). The number of aldehydes is 1. The van der Waals surface area contributed by atoms with Gasteiger partial charge in [-0.05, 0) is 24.3 Å². The van der Waals surface area contributed by atoms with E-state index in [1.807, 2.05) is 29.2 Å². The molecule has 1 aliphatic rings. The van der Waals surface area contributed by atoms with Gasteiger partial charge in [0, 0.05) is 11.8 Å². The van der Waals surface area contributed by atoms with Gasteiger partial charge in [0.2, 0.25) is 5.91 Å². The lowest BCUT2D eigenvalue weighted by Crippen LogP contribution is -2.35. The van der Waals surface area contributed by atoms with Crippen LogP contribution in [0.2, 0.25) is 0 Å². The van der Waals surface area contributed by atoms with E-state index in [9.17, 15) is 9.59 Å². The maximum Gasteiger partial charge on any atom is 0.244 e. The summed E-state index contributed by atoms with van der Waals surface area (Å²) in [6, 6.07) is 11.0. The van der Waals surface area contributed by atoms with Gasteiger partial charge < -0.3 is 10.2 Å². The Morgan fingerprint density at radius 2 is 2.05 bits per heavy atom. The highest BCUT2D eigenvalue weighted by Gasteiger charge is 2.23. The molecule has 0 fully saturated rings. The van der Waals surface area contributed by atoms with Crippen molar-refractivity contribution >= 4 is 29.4 Å². The van der Waals surface area contributed by atoms with Gasteiger partial charge in [0.15, 0.2) is 6.29 Å². The van der Waals surface area contributed by atoms with Crippen LogP contribution in [0.1, 0.15) is 10.4 Å². The lowest BCUT2D eigenvalue weighted by atomic mass is 10.2. The van der Waals surface area contributed by atoms with Gasteiger partial charge in [-0.3, -0.25) is 9.59 Å². The molecule has 1 aromatic carbocycles. The lowest BCUT2D eigenvalue weighted by molar-refractivity contribution is -0.115. The molecule has 1 amide bonds. The second kappa shape index (κ2) is 4.53. The van der Waals surface area contributed by atoms with Crippen molar-refractivity contribution in [1.82, 2.24) is 4.98 Å². The molecule has 5 nitrogen and oxygen atoms in total. The molecule has 0 saturated heterocycles. The number of fused-ring (bicyclic) bond motifs is 1. The van der Waals surface area contributed by atoms with Crippen LogP contribution in [0, 0.1) is 0 Å². The molecule has 1 N–H and O–H groups in total. The molecule has 0 aliphatic carbocycles. The summed E-state index contributed by atoms with van der Waals surface area (Å²) in [5.41, 5.74) is 2.17. The second-order valence-corrected chi connectivity index (χ2v) is 4.22. The van der Waals surface area contributed by atoms with Gasteiger partial charge in [-0.15, -0.1) is 0 Å². The zero-order valence-electron chi connectivity index (χ0n) is 10.0. The molecular formula is C14H11N3O2. The number of amides is 1. The Hall–Kier alpha value is -2.69. The van der Waals surface area contributed by atoms with Crippen LogP contribution in [-0.4, -0.2) is 23.7 Å². The van der Waals surface area contributed by atoms with Gasteiger partial charge in [0.25, 0.3) is 0 Å². The number of anilines is 3. The Bertz CT molecular complexity index is 637. The number of rotatable bonds is 2. The van der Waals surface area contributed by atoms with Crippen molar-refractivity contribution in [3.05, 3.63) is 48.2 Å². The third-order valence-corrected chi connectivity index (χ3v) is 2.95. The smallest absolute Gasteiger partial charge is 0.244 e. The average molecular weight is 253 g/mol. The van der Waals surface area contributed by atoms with Crippen molar-refractivity contribution in [2.75, 3.05) is 16.8 Å². The van der Waals surface area contributed by atoms with E-state index in [0.29, 0.717) is 11.4 Å². The molecular weight excluding hydrogens is 242 g/mol. The highest BCUT2D eigenvalue weighted by atomic mass is 16.2. The van der Waals surface area contributed by atoms with Crippen molar-refractivity contribution in [3.63, 3.8) is 0 Å². The number of para-hydroxylation sites is 2. The van der Waals surface area contributed by atoms with Crippen LogP contribution in [0.5, 0.6) is 0 Å². The standard InChI is InChI=1S/C14H11N3O2/c18-9-10-5-6-13(15-7-10)17-8-14(19)16-11-3-1-2-4-12(11)17/h1-7,9H,8H2,(H,16,19). The molecule has 94 valence electrons. The SMILES string of the molecule is O=Cc1ccc(N2CC(=O)Nc3ccccc32)nc1. The van der Waals surface area contributed by atoms with E-state index < -0.39 is 0 Å². The summed E-state index contributed by atoms with van der Waals surface area (Å²) < 4.78 is 0. The number of hydrogen-bond acceptors (Lipinski definition) is 4. The fourth-order valence-corrected chi connectivity index (χ4v) is 2.06. The molecule has 2 aromatic rings. The normalized spacial score (nSPS) is 13.7. The Labute approximate surface area is 109 Å². The molecule has 0 unspecified atom stereocenters. The molecule has 0 spiro atoms. The summed E-state index contributed by atoms with van der Waals surface area (Å²) in [7, 11) is 0. The minimum atomic E-state index is -0.0834. The predicted octanol–water partition coefficient (Wildman–Crippen LogP) is 1.98. The molecule has 1 aromatic heterocycles. The van der Waals surface area contributed by atoms with Crippen LogP contribution >= 0.6 is 0 Å². The molecule has 0 radical (unpaired) electrons. The summed E-state index contributed by atoms with van der Waals surface area (Å²) in [5.74, 6) is 0.563. The van der Waals surface area contributed by atoms with Crippen LogP contribution < -0.4 is 10.2 Å². The number of carbonyl (C=O) groups is 2. The van der Waals surface area contributed by atoms with Gasteiger partial charge >= 0.3 is 0 Å². The van der Waals surface area contributed by atoms with Crippen molar-refractivity contribution in [2.45, 2.75) is 0 Å². The van der Waals surface area contributed by atoms with Crippen molar-refractivity contribution in [1.29, 1.82) is 0 Å². The predicted molar refractivity (Wildman–Crippen MR) is 71.7 cm³/mol. The van der Waals surface area contributed by atoms with Crippen molar-refractivity contribution < 1.29 is 9.59 Å². The Balaban J connectivity index is 2.04. The lowest BCUT2D eigenvalue weighted by Gasteiger charge is -2.29. The molecule has 0 saturated carbocycles. The Kier molecular flexibility index (Phi) is 2.72. The zero-order valence-corrected chi connectivity index (χ0v) is 10.0. The van der Waals surface area contributed by atoms with Crippen LogP contribution in [0.25, 0.3) is 0 Å². The Morgan fingerprint density at radius 3 is 2.79 bits per heavy atom. The molecule has 5 heteroatoms. The van der Waals surface area contributed by atoms with Crippen LogP contribution in [0.3, 0.4) is 0 Å². The van der Waals surface area contributed by atoms with E-state index in [-0.39, 0.29) is 12.5 Å². The molecule has 2 heterocycles. The zero-order chi connectivity index (χ0) is 13.2. The van der Waals surface area contributed by atoms with E-state index in [1.54, 1.807) is 12.1 Å². The first kappa shape index (κ1) is 11.4. The van der Waals surface area contributed by atoms with Gasteiger partial charge in [0.05, 0.1) is 11.4 Å². The highest BCUT2D eigenvalue weighted by molar-refractivity contribution is 6.02. The van der Waals surface area contributed by atoms with E-state index in [1.165, 1.54) is 6.20 Å². The third-order valence-electron chi connectivity index (χ3n) is 2.95. The highest BCUT2D eigenvalue weighted by Crippen LogP contribution is 2.33. The van der Waals surface area contributed by atoms with Crippen molar-refractivity contribution in [3.8, 4) is 0 Å². The van der Waals surface area contributed by atoms with E-state index in [0.717, 1.165) is 17.7 Å². The number of nitrogens with zero attached hydrogens (tertiary/aromatic N) is 2. The van der Waals surface area contributed by atoms with E-state index >= 15 is 0 Å². The summed E-state index contributed by atoms with van der Waals surface area (Å²) >= 11 is 0. The summed E-state index contributed by atoms with van der Waals surface area (Å²) in [6.45, 7) is 0.213. The molecule has 0 bridgehead atoms. The number of carbonyl (C=O) groups excluding carboxylic acids is 2. The van der Waals surface area contributed by atoms with Crippen molar-refractivity contribution in [2.24, 2.45) is 0 Å². The number of benzene rings is 1. The maximum absolute atomic E-state index is 11.7.